The molecule has 1 aromatic rings. The van der Waals surface area contributed by atoms with E-state index in [1.54, 1.807) is 12.1 Å². The Labute approximate surface area is 198 Å². The van der Waals surface area contributed by atoms with Crippen LogP contribution in [0.5, 0.6) is 0 Å². The first kappa shape index (κ1) is 30.5. The van der Waals surface area contributed by atoms with Crippen molar-refractivity contribution in [3.8, 4) is 0 Å². The van der Waals surface area contributed by atoms with Crippen LogP contribution in [0.3, 0.4) is 0 Å². The van der Waals surface area contributed by atoms with Crippen LogP contribution in [0.2, 0.25) is 0 Å². The zero-order chi connectivity index (χ0) is 20.9. The van der Waals surface area contributed by atoms with Crippen molar-refractivity contribution in [3.05, 3.63) is 34.1 Å². The van der Waals surface area contributed by atoms with Gasteiger partial charge in [-0.2, -0.15) is 0 Å². The number of benzene rings is 1. The van der Waals surface area contributed by atoms with Gasteiger partial charge in [0.25, 0.3) is 0 Å². The van der Waals surface area contributed by atoms with Gasteiger partial charge in [-0.3, -0.25) is 11.8 Å². The van der Waals surface area contributed by atoms with E-state index in [9.17, 15) is 13.5 Å². The minimum atomic E-state index is -3.62. The molecule has 0 fully saturated rings. The van der Waals surface area contributed by atoms with Crippen LogP contribution in [-0.2, 0) is 14.8 Å². The third kappa shape index (κ3) is 16.1. The number of aryl methyl sites for hydroxylation is 1. The van der Waals surface area contributed by atoms with Gasteiger partial charge in [-0.15, -0.1) is 0 Å². The second kappa shape index (κ2) is 16.1. The maximum absolute atomic E-state index is 11.0. The summed E-state index contributed by atoms with van der Waals surface area (Å²) < 4.78 is 30.2. The fourth-order valence-corrected chi connectivity index (χ4v) is 2.71. The molecule has 0 bridgehead atoms. The SMILES string of the molecule is CCCCCOCC(O)CNC(C)(C)C.Cc1ccc(S(=O)(=O)[N-]Cl)cc1.[Na+]. The maximum atomic E-state index is 11.0. The van der Waals surface area contributed by atoms with Crippen molar-refractivity contribution in [1.82, 2.24) is 5.32 Å². The van der Waals surface area contributed by atoms with Crippen molar-refractivity contribution in [2.75, 3.05) is 19.8 Å². The zero-order valence-electron chi connectivity index (χ0n) is 18.0. The van der Waals surface area contributed by atoms with Gasteiger partial charge in [0, 0.05) is 23.6 Å². The molecule has 1 unspecified atom stereocenters. The number of halogens is 1. The summed E-state index contributed by atoms with van der Waals surface area (Å²) in [4.78, 5) is 0.114. The molecule has 1 aromatic carbocycles. The first-order valence-electron chi connectivity index (χ1n) is 9.17. The summed E-state index contributed by atoms with van der Waals surface area (Å²) in [6.07, 6.45) is 3.11. The molecular weight excluding hydrogens is 411 g/mol. The summed E-state index contributed by atoms with van der Waals surface area (Å²) in [5.74, 6) is 0. The number of β-amino-alcohol motifs (C(OH)–C–C–N with tert-alkyl or cyclic N) is 1. The number of hydrogen-bond donors (Lipinski definition) is 2. The van der Waals surface area contributed by atoms with Gasteiger partial charge in [0.2, 0.25) is 0 Å². The average molecular weight is 445 g/mol. The van der Waals surface area contributed by atoms with Crippen LogP contribution >= 0.6 is 11.8 Å². The first-order valence-corrected chi connectivity index (χ1v) is 11.0. The third-order valence-electron chi connectivity index (χ3n) is 3.48. The minimum absolute atomic E-state index is 0. The van der Waals surface area contributed by atoms with Crippen molar-refractivity contribution in [2.24, 2.45) is 0 Å². The van der Waals surface area contributed by atoms with Crippen LogP contribution in [-0.4, -0.2) is 44.9 Å². The number of aliphatic hydroxyl groups excluding tert-OH is 1. The van der Waals surface area contributed by atoms with Gasteiger partial charge in [0.1, 0.15) is 10.0 Å². The van der Waals surface area contributed by atoms with Gasteiger partial charge in [-0.25, -0.2) is 8.42 Å². The maximum Gasteiger partial charge on any atom is 1.00 e. The fraction of sp³-hybridized carbons (Fsp3) is 0.684. The van der Waals surface area contributed by atoms with E-state index in [1.165, 1.54) is 25.0 Å². The molecule has 0 saturated heterocycles. The monoisotopic (exact) mass is 444 g/mol. The van der Waals surface area contributed by atoms with Gasteiger partial charge < -0.3 is 19.4 Å². The van der Waals surface area contributed by atoms with Gasteiger partial charge in [-0.05, 0) is 46.2 Å². The van der Waals surface area contributed by atoms with E-state index in [0.29, 0.717) is 13.2 Å². The number of nitrogens with one attached hydrogen (secondary N) is 1. The topological polar surface area (TPSA) is 89.7 Å². The smallest absolute Gasteiger partial charge is 0.458 e. The number of sulfonamides is 1. The molecule has 28 heavy (non-hydrogen) atoms. The predicted octanol–water partition coefficient (Wildman–Crippen LogP) is 1.16. The first-order chi connectivity index (χ1) is 12.5. The molecule has 6 nitrogen and oxygen atoms in total. The second-order valence-corrected chi connectivity index (χ2v) is 9.40. The van der Waals surface area contributed by atoms with E-state index in [1.807, 2.05) is 6.92 Å². The largest absolute Gasteiger partial charge is 1.00 e. The number of ether oxygens (including phenoxy) is 1. The Morgan fingerprint density at radius 3 is 2.25 bits per heavy atom. The Morgan fingerprint density at radius 1 is 1.21 bits per heavy atom. The second-order valence-electron chi connectivity index (χ2n) is 7.42. The van der Waals surface area contributed by atoms with Crippen LogP contribution in [0.4, 0.5) is 0 Å². The van der Waals surface area contributed by atoms with E-state index >= 15 is 0 Å². The molecule has 9 heteroatoms. The summed E-state index contributed by atoms with van der Waals surface area (Å²) in [6, 6.07) is 6.32. The van der Waals surface area contributed by atoms with Crippen molar-refractivity contribution in [3.63, 3.8) is 0 Å². The van der Waals surface area contributed by atoms with Crippen LogP contribution in [0.25, 0.3) is 4.24 Å². The van der Waals surface area contributed by atoms with Gasteiger partial charge >= 0.3 is 29.6 Å². The standard InChI is InChI=1S/C12H27NO2.C7H7ClNO2S.Na/c1-5-6-7-8-15-10-11(14)9-13-12(2,3)4;1-6-2-4-7(5-3-6)12(10,11)9-8;/h11,13-14H,5-10H2,1-4H3;2-5H,1H3;/q;-1;+1. The van der Waals surface area contributed by atoms with Crippen molar-refractivity contribution < 1.29 is 47.8 Å². The Bertz CT molecular complexity index is 607. The molecule has 0 aliphatic carbocycles. The normalized spacial score (nSPS) is 12.5. The molecule has 158 valence electrons. The fourth-order valence-electron chi connectivity index (χ4n) is 1.91. The number of hydrogen-bond acceptors (Lipinski definition) is 5. The van der Waals surface area contributed by atoms with Gasteiger partial charge in [0.05, 0.1) is 12.7 Å². The molecule has 0 spiro atoms. The molecule has 2 N–H and O–H groups in total. The summed E-state index contributed by atoms with van der Waals surface area (Å²) in [5.41, 5.74) is 1.05. The van der Waals surface area contributed by atoms with Crippen molar-refractivity contribution >= 4 is 21.8 Å². The number of unbranched alkanes of at least 4 members (excludes halogenated alkanes) is 2. The van der Waals surface area contributed by atoms with E-state index in [0.717, 1.165) is 18.6 Å². The molecule has 0 heterocycles. The molecule has 0 radical (unpaired) electrons. The molecule has 1 atom stereocenters. The molecule has 0 aromatic heterocycles. The van der Waals surface area contributed by atoms with E-state index in [-0.39, 0.29) is 40.0 Å². The Balaban J connectivity index is 0. The van der Waals surface area contributed by atoms with E-state index in [4.69, 9.17) is 16.5 Å². The van der Waals surface area contributed by atoms with Crippen molar-refractivity contribution in [2.45, 2.75) is 70.4 Å². The Hall–Kier alpha value is 0.300. The summed E-state index contributed by atoms with van der Waals surface area (Å²) >= 11 is 4.90. The minimum Gasteiger partial charge on any atom is -0.458 e. The van der Waals surface area contributed by atoms with Crippen LogP contribution in [0.1, 0.15) is 52.5 Å². The van der Waals surface area contributed by atoms with E-state index < -0.39 is 16.1 Å². The zero-order valence-corrected chi connectivity index (χ0v) is 21.6. The summed E-state index contributed by atoms with van der Waals surface area (Å²) in [5, 5.41) is 12.8. The van der Waals surface area contributed by atoms with Crippen LogP contribution < -0.4 is 34.9 Å². The number of aliphatic hydroxyl groups is 1. The number of rotatable bonds is 10. The summed E-state index contributed by atoms with van der Waals surface area (Å²) in [6.45, 7) is 12.1. The average Bonchev–Trinajstić information content (AvgIpc) is 2.60. The van der Waals surface area contributed by atoms with Crippen molar-refractivity contribution in [1.29, 1.82) is 0 Å². The number of nitrogens with zero attached hydrogens (tertiary/aromatic N) is 1. The molecule has 0 aliphatic rings. The molecule has 1 rings (SSSR count). The van der Waals surface area contributed by atoms with Gasteiger partial charge in [-0.1, -0.05) is 37.5 Å². The molecule has 0 aliphatic heterocycles. The van der Waals surface area contributed by atoms with Crippen LogP contribution in [0, 0.1) is 6.92 Å². The van der Waals surface area contributed by atoms with Gasteiger partial charge in [0.15, 0.2) is 0 Å². The molecule has 0 saturated carbocycles. The quantitative estimate of drug-likeness (QED) is 0.417. The predicted molar refractivity (Wildman–Crippen MR) is 112 cm³/mol. The Morgan fingerprint density at radius 2 is 1.79 bits per heavy atom. The molecular formula is C19H34ClN2NaO4S. The molecule has 0 amide bonds. The van der Waals surface area contributed by atoms with Crippen LogP contribution in [0.15, 0.2) is 29.2 Å². The summed E-state index contributed by atoms with van der Waals surface area (Å²) in [7, 11) is -3.62. The third-order valence-corrected chi connectivity index (χ3v) is 5.07. The van der Waals surface area contributed by atoms with E-state index in [2.05, 4.69) is 37.3 Å². The Kier molecular flexibility index (Phi) is 17.5.